The molecule has 2 aromatic rings. The van der Waals surface area contributed by atoms with Crippen molar-refractivity contribution in [3.8, 4) is 5.75 Å². The molecule has 1 spiro atoms. The monoisotopic (exact) mass is 570 g/mol. The van der Waals surface area contributed by atoms with Crippen molar-refractivity contribution in [2.45, 2.75) is 56.5 Å². The zero-order valence-electron chi connectivity index (χ0n) is 21.9. The van der Waals surface area contributed by atoms with E-state index in [9.17, 15) is 18.3 Å². The van der Waals surface area contributed by atoms with Crippen molar-refractivity contribution in [2.75, 3.05) is 30.3 Å². The number of allylic oxidation sites excluding steroid dienone is 1. The van der Waals surface area contributed by atoms with Gasteiger partial charge in [0.25, 0.3) is 5.91 Å². The van der Waals surface area contributed by atoms with Crippen LogP contribution in [0.5, 0.6) is 5.75 Å². The molecule has 208 valence electrons. The number of amides is 1. The Bertz CT molecular complexity index is 1410. The molecule has 0 aromatic heterocycles. The van der Waals surface area contributed by atoms with Crippen LogP contribution in [0.1, 0.15) is 60.0 Å². The molecular formula is C30H35ClN2O5S. The number of rotatable bonds is 0. The Kier molecular flexibility index (Phi) is 7.14. The molecular weight excluding hydrogens is 536 g/mol. The minimum absolute atomic E-state index is 0.179. The zero-order chi connectivity index (χ0) is 27.2. The lowest BCUT2D eigenvalue weighted by atomic mass is 9.68. The number of benzene rings is 2. The topological polar surface area (TPSA) is 95.9 Å². The van der Waals surface area contributed by atoms with Crippen molar-refractivity contribution in [2.24, 2.45) is 11.8 Å². The third-order valence-corrected chi connectivity index (χ3v) is 10.6. The Morgan fingerprint density at radius 2 is 2.00 bits per heavy atom. The molecule has 4 unspecified atom stereocenters. The summed E-state index contributed by atoms with van der Waals surface area (Å²) in [5.74, 6) is 0.355. The number of aliphatic hydroxyl groups is 1. The fourth-order valence-electron chi connectivity index (χ4n) is 6.87. The van der Waals surface area contributed by atoms with Gasteiger partial charge >= 0.3 is 0 Å². The van der Waals surface area contributed by atoms with E-state index in [2.05, 4.69) is 21.8 Å². The maximum Gasteiger partial charge on any atom is 0.264 e. The smallest absolute Gasteiger partial charge is 0.264 e. The summed E-state index contributed by atoms with van der Waals surface area (Å²) in [6.45, 7) is 1.94. The van der Waals surface area contributed by atoms with Gasteiger partial charge in [-0.2, -0.15) is 0 Å². The van der Waals surface area contributed by atoms with Crippen LogP contribution in [-0.4, -0.2) is 51.0 Å². The molecule has 2 N–H and O–H groups in total. The first-order valence-corrected chi connectivity index (χ1v) is 15.9. The van der Waals surface area contributed by atoms with Crippen LogP contribution in [0.15, 0.2) is 48.6 Å². The van der Waals surface area contributed by atoms with Crippen LogP contribution in [0, 0.1) is 11.8 Å². The second-order valence-electron chi connectivity index (χ2n) is 11.6. The number of nitrogens with zero attached hydrogens (tertiary/aromatic N) is 1. The Balaban J connectivity index is 1.41. The first-order valence-electron chi connectivity index (χ1n) is 13.9. The average molecular weight is 571 g/mol. The molecule has 1 fully saturated rings. The molecule has 1 saturated carbocycles. The summed E-state index contributed by atoms with van der Waals surface area (Å²) < 4.78 is 33.9. The first kappa shape index (κ1) is 26.7. The highest BCUT2D eigenvalue weighted by Crippen LogP contribution is 2.46. The third-order valence-electron chi connectivity index (χ3n) is 9.07. The van der Waals surface area contributed by atoms with Crippen molar-refractivity contribution < 1.29 is 23.1 Å². The van der Waals surface area contributed by atoms with Crippen LogP contribution in [0.4, 0.5) is 5.69 Å². The molecule has 2 aromatic carbocycles. The van der Waals surface area contributed by atoms with E-state index in [1.54, 1.807) is 24.3 Å². The van der Waals surface area contributed by atoms with E-state index in [-0.39, 0.29) is 29.1 Å². The fraction of sp³-hybridized carbons (Fsp3) is 0.500. The van der Waals surface area contributed by atoms with Gasteiger partial charge in [-0.3, -0.25) is 4.79 Å². The quantitative estimate of drug-likeness (QED) is 0.449. The number of sulfonamides is 1. The number of hydrogen-bond donors (Lipinski definition) is 2. The van der Waals surface area contributed by atoms with Crippen molar-refractivity contribution in [1.29, 1.82) is 0 Å². The van der Waals surface area contributed by atoms with Gasteiger partial charge in [0.1, 0.15) is 5.75 Å². The van der Waals surface area contributed by atoms with Gasteiger partial charge in [0.2, 0.25) is 10.0 Å². The van der Waals surface area contributed by atoms with E-state index < -0.39 is 22.0 Å². The van der Waals surface area contributed by atoms with Gasteiger partial charge in [0.15, 0.2) is 0 Å². The summed E-state index contributed by atoms with van der Waals surface area (Å²) >= 11 is 6.36. The SMILES string of the molecule is O=C1NS(=O)(=O)CC/C=C/CC(O)C2CCC2CN2CC3(CCCc4cc(Cl)ccc43)COc3ccc1cc32. The minimum atomic E-state index is -3.80. The molecule has 2 aliphatic carbocycles. The zero-order valence-corrected chi connectivity index (χ0v) is 23.5. The highest BCUT2D eigenvalue weighted by atomic mass is 35.5. The van der Waals surface area contributed by atoms with E-state index in [1.807, 2.05) is 12.1 Å². The van der Waals surface area contributed by atoms with Crippen LogP contribution in [0.2, 0.25) is 5.02 Å². The number of ether oxygens (including phenoxy) is 1. The second kappa shape index (κ2) is 10.5. The molecule has 2 heterocycles. The molecule has 2 aliphatic heterocycles. The van der Waals surface area contributed by atoms with Gasteiger partial charge in [0, 0.05) is 29.1 Å². The van der Waals surface area contributed by atoms with E-state index in [0.717, 1.165) is 49.4 Å². The van der Waals surface area contributed by atoms with Crippen LogP contribution >= 0.6 is 11.6 Å². The Morgan fingerprint density at radius 1 is 1.13 bits per heavy atom. The summed E-state index contributed by atoms with van der Waals surface area (Å²) in [5.41, 5.74) is 3.35. The molecule has 0 radical (unpaired) electrons. The Labute approximate surface area is 235 Å². The van der Waals surface area contributed by atoms with Crippen molar-refractivity contribution >= 4 is 33.2 Å². The first-order chi connectivity index (χ1) is 18.7. The number of fused-ring (bicyclic) bond motifs is 4. The van der Waals surface area contributed by atoms with Gasteiger partial charge in [-0.05, 0) is 98.2 Å². The summed E-state index contributed by atoms with van der Waals surface area (Å²) in [7, 11) is -3.80. The number of nitrogens with one attached hydrogen (secondary N) is 1. The highest BCUT2D eigenvalue weighted by molar-refractivity contribution is 7.90. The molecule has 9 heteroatoms. The normalized spacial score (nSPS) is 31.1. The Hall–Kier alpha value is -2.55. The van der Waals surface area contributed by atoms with Crippen LogP contribution in [0.3, 0.4) is 0 Å². The number of aryl methyl sites for hydroxylation is 1. The molecule has 7 nitrogen and oxygen atoms in total. The van der Waals surface area contributed by atoms with Crippen molar-refractivity contribution in [1.82, 2.24) is 4.72 Å². The van der Waals surface area contributed by atoms with Gasteiger partial charge in [-0.1, -0.05) is 29.8 Å². The highest BCUT2D eigenvalue weighted by Gasteiger charge is 2.44. The lowest BCUT2D eigenvalue weighted by Gasteiger charge is -2.45. The van der Waals surface area contributed by atoms with Gasteiger partial charge in [-0.15, -0.1) is 0 Å². The van der Waals surface area contributed by atoms with Gasteiger partial charge in [-0.25, -0.2) is 13.1 Å². The average Bonchev–Trinajstić information content (AvgIpc) is 3.02. The third kappa shape index (κ3) is 5.31. The Morgan fingerprint density at radius 3 is 2.82 bits per heavy atom. The van der Waals surface area contributed by atoms with Crippen molar-refractivity contribution in [3.05, 3.63) is 70.3 Å². The standard InChI is InChI=1S/C30H35ClN2O5S/c31-23-9-11-25-20(15-23)5-4-13-30(25)18-33-17-22-7-10-24(22)27(34)6-2-1-3-14-39(36,37)32-29(35)21-8-12-28(38-19-30)26(33)16-21/h1-2,8-9,11-12,15-16,22,24,27,34H,3-7,10,13-14,17-19H2,(H,32,35)/b2-1+. The molecule has 4 aliphatic rings. The van der Waals surface area contributed by atoms with Crippen LogP contribution in [-0.2, 0) is 21.9 Å². The molecule has 4 atom stereocenters. The number of halogens is 1. The van der Waals surface area contributed by atoms with Crippen LogP contribution in [0.25, 0.3) is 0 Å². The second-order valence-corrected chi connectivity index (χ2v) is 13.9. The molecule has 1 amide bonds. The van der Waals surface area contributed by atoms with E-state index in [0.29, 0.717) is 31.2 Å². The molecule has 39 heavy (non-hydrogen) atoms. The van der Waals surface area contributed by atoms with Gasteiger partial charge < -0.3 is 14.7 Å². The molecule has 0 saturated heterocycles. The summed E-state index contributed by atoms with van der Waals surface area (Å²) in [6, 6.07) is 11.3. The maximum atomic E-state index is 13.0. The van der Waals surface area contributed by atoms with E-state index >= 15 is 0 Å². The lowest BCUT2D eigenvalue weighted by molar-refractivity contribution is 0.0177. The number of carbonyl (C=O) groups excluding carboxylic acids is 1. The molecule has 2 bridgehead atoms. The van der Waals surface area contributed by atoms with E-state index in [4.69, 9.17) is 16.3 Å². The maximum absolute atomic E-state index is 13.0. The predicted molar refractivity (Wildman–Crippen MR) is 152 cm³/mol. The number of hydrogen-bond acceptors (Lipinski definition) is 6. The lowest BCUT2D eigenvalue weighted by Crippen LogP contribution is -2.49. The van der Waals surface area contributed by atoms with E-state index in [1.165, 1.54) is 11.1 Å². The van der Waals surface area contributed by atoms with Crippen LogP contribution < -0.4 is 14.4 Å². The number of anilines is 1. The minimum Gasteiger partial charge on any atom is -0.490 e. The largest absolute Gasteiger partial charge is 0.490 e. The van der Waals surface area contributed by atoms with Crippen molar-refractivity contribution in [3.63, 3.8) is 0 Å². The summed E-state index contributed by atoms with van der Waals surface area (Å²) in [6.07, 6.45) is 8.95. The number of carbonyl (C=O) groups is 1. The summed E-state index contributed by atoms with van der Waals surface area (Å²) in [4.78, 5) is 15.4. The molecule has 6 rings (SSSR count). The van der Waals surface area contributed by atoms with Gasteiger partial charge in [0.05, 0.1) is 24.2 Å². The fourth-order valence-corrected chi connectivity index (χ4v) is 8.01. The predicted octanol–water partition coefficient (Wildman–Crippen LogP) is 4.61. The number of aliphatic hydroxyl groups excluding tert-OH is 1. The summed E-state index contributed by atoms with van der Waals surface area (Å²) in [5, 5.41) is 11.7.